The van der Waals surface area contributed by atoms with Gasteiger partial charge in [-0.25, -0.2) is 4.79 Å². The first-order valence-corrected chi connectivity index (χ1v) is 8.22. The molecule has 5 heteroatoms. The zero-order valence-corrected chi connectivity index (χ0v) is 14.5. The number of benzene rings is 1. The lowest BCUT2D eigenvalue weighted by atomic mass is 10.1. The fourth-order valence-electron chi connectivity index (χ4n) is 3.30. The molecule has 2 fully saturated rings. The molecule has 0 N–H and O–H groups in total. The third kappa shape index (κ3) is 3.03. The lowest BCUT2D eigenvalue weighted by molar-refractivity contribution is -0.136. The molecule has 2 atom stereocenters. The number of esters is 1. The third-order valence-corrected chi connectivity index (χ3v) is 4.81. The Balaban J connectivity index is 1.65. The van der Waals surface area contributed by atoms with Crippen molar-refractivity contribution >= 4 is 17.7 Å². The summed E-state index contributed by atoms with van der Waals surface area (Å²) in [6, 6.07) is 6.95. The van der Waals surface area contributed by atoms with Gasteiger partial charge in [0.25, 0.3) is 0 Å². The van der Waals surface area contributed by atoms with Gasteiger partial charge in [0.15, 0.2) is 0 Å². The summed E-state index contributed by atoms with van der Waals surface area (Å²) >= 11 is 0. The maximum atomic E-state index is 12.4. The Morgan fingerprint density at radius 3 is 2.50 bits per heavy atom. The fourth-order valence-corrected chi connectivity index (χ4v) is 3.30. The van der Waals surface area contributed by atoms with Crippen LogP contribution < -0.4 is 9.64 Å². The van der Waals surface area contributed by atoms with Gasteiger partial charge in [-0.15, -0.1) is 0 Å². The van der Waals surface area contributed by atoms with E-state index in [1.807, 2.05) is 13.8 Å². The first-order chi connectivity index (χ1) is 11.3. The molecule has 0 spiro atoms. The van der Waals surface area contributed by atoms with Crippen LogP contribution in [0.25, 0.3) is 0 Å². The molecular formula is C19H23NO4. The Labute approximate surface area is 142 Å². The van der Waals surface area contributed by atoms with Gasteiger partial charge >= 0.3 is 12.1 Å². The Bertz CT molecular complexity index is 686. The second kappa shape index (κ2) is 5.96. The Morgan fingerprint density at radius 1 is 1.29 bits per heavy atom. The smallest absolute Gasteiger partial charge is 0.414 e. The first-order valence-electron chi connectivity index (χ1n) is 8.22. The molecular weight excluding hydrogens is 306 g/mol. The molecule has 2 aliphatic rings. The molecule has 1 aliphatic carbocycles. The van der Waals surface area contributed by atoms with E-state index in [0.717, 1.165) is 5.69 Å². The van der Waals surface area contributed by atoms with Crippen LogP contribution in [0.5, 0.6) is 5.75 Å². The number of amides is 1. The van der Waals surface area contributed by atoms with Crippen molar-refractivity contribution in [3.8, 4) is 5.75 Å². The van der Waals surface area contributed by atoms with Gasteiger partial charge in [-0.2, -0.15) is 0 Å². The van der Waals surface area contributed by atoms with Gasteiger partial charge in [0.05, 0.1) is 12.5 Å². The maximum Gasteiger partial charge on any atom is 0.414 e. The Morgan fingerprint density at radius 2 is 1.96 bits per heavy atom. The molecule has 1 amide bonds. The molecule has 1 aliphatic heterocycles. The highest BCUT2D eigenvalue weighted by atomic mass is 16.6. The van der Waals surface area contributed by atoms with Crippen LogP contribution in [0.3, 0.4) is 0 Å². The summed E-state index contributed by atoms with van der Waals surface area (Å²) < 4.78 is 10.4. The summed E-state index contributed by atoms with van der Waals surface area (Å²) in [6.07, 6.45) is 1.80. The van der Waals surface area contributed by atoms with Crippen LogP contribution in [0.15, 0.2) is 35.9 Å². The zero-order chi connectivity index (χ0) is 17.5. The third-order valence-electron chi connectivity index (χ3n) is 4.81. The summed E-state index contributed by atoms with van der Waals surface area (Å²) in [7, 11) is 0. The van der Waals surface area contributed by atoms with Crippen LogP contribution in [0.2, 0.25) is 0 Å². The van der Waals surface area contributed by atoms with Crippen molar-refractivity contribution in [2.24, 2.45) is 17.3 Å². The molecule has 1 heterocycles. The highest BCUT2D eigenvalue weighted by Crippen LogP contribution is 2.59. The zero-order valence-electron chi connectivity index (χ0n) is 14.5. The number of carbonyl (C=O) groups is 2. The van der Waals surface area contributed by atoms with Crippen molar-refractivity contribution in [2.75, 3.05) is 18.1 Å². The van der Waals surface area contributed by atoms with Crippen LogP contribution >= 0.6 is 0 Å². The van der Waals surface area contributed by atoms with E-state index in [9.17, 15) is 9.59 Å². The standard InChI is InChI=1S/C19H23NO4/c1-12(2)11-15-16(19(15,3)4)17(21)24-14-7-5-13(6-8-14)20-9-10-23-18(20)22/h5-8,11,15-16H,9-10H2,1-4H3/t15-,16-/m0/s1. The second-order valence-electron chi connectivity index (χ2n) is 7.25. The number of rotatable bonds is 4. The summed E-state index contributed by atoms with van der Waals surface area (Å²) in [5.74, 6) is 0.417. The predicted octanol–water partition coefficient (Wildman–Crippen LogP) is 3.79. The molecule has 128 valence electrons. The number of hydrogen-bond donors (Lipinski definition) is 0. The molecule has 0 aromatic heterocycles. The quantitative estimate of drug-likeness (QED) is 0.479. The van der Waals surface area contributed by atoms with Crippen LogP contribution in [-0.2, 0) is 9.53 Å². The number of allylic oxidation sites excluding steroid dienone is 2. The van der Waals surface area contributed by atoms with E-state index in [2.05, 4.69) is 19.9 Å². The molecule has 1 saturated carbocycles. The van der Waals surface area contributed by atoms with E-state index in [1.54, 1.807) is 29.2 Å². The number of nitrogens with zero attached hydrogens (tertiary/aromatic N) is 1. The topological polar surface area (TPSA) is 55.8 Å². The number of ether oxygens (including phenoxy) is 2. The van der Waals surface area contributed by atoms with E-state index >= 15 is 0 Å². The van der Waals surface area contributed by atoms with E-state index < -0.39 is 0 Å². The summed E-state index contributed by atoms with van der Waals surface area (Å²) in [5.41, 5.74) is 1.89. The molecule has 0 bridgehead atoms. The Hall–Kier alpha value is -2.30. The number of cyclic esters (lactones) is 1. The highest BCUT2D eigenvalue weighted by molar-refractivity contribution is 5.89. The van der Waals surface area contributed by atoms with Crippen LogP contribution in [0.1, 0.15) is 27.7 Å². The number of anilines is 1. The summed E-state index contributed by atoms with van der Waals surface area (Å²) in [5, 5.41) is 0. The molecule has 3 rings (SSSR count). The fraction of sp³-hybridized carbons (Fsp3) is 0.474. The van der Waals surface area contributed by atoms with Crippen molar-refractivity contribution in [1.82, 2.24) is 0 Å². The average Bonchev–Trinajstić information content (AvgIpc) is 2.82. The summed E-state index contributed by atoms with van der Waals surface area (Å²) in [6.45, 7) is 9.20. The van der Waals surface area contributed by atoms with Crippen LogP contribution in [-0.4, -0.2) is 25.2 Å². The molecule has 24 heavy (non-hydrogen) atoms. The van der Waals surface area contributed by atoms with Crippen molar-refractivity contribution in [2.45, 2.75) is 27.7 Å². The molecule has 0 radical (unpaired) electrons. The SMILES string of the molecule is CC(C)=C[C@H]1[C@@H](C(=O)Oc2ccc(N3CCOC3=O)cc2)C1(C)C. The minimum Gasteiger partial charge on any atom is -0.447 e. The molecule has 1 aromatic rings. The van der Waals surface area contributed by atoms with Gasteiger partial charge in [-0.1, -0.05) is 25.5 Å². The number of carbonyl (C=O) groups excluding carboxylic acids is 2. The van der Waals surface area contributed by atoms with Crippen molar-refractivity contribution < 1.29 is 19.1 Å². The highest BCUT2D eigenvalue weighted by Gasteiger charge is 2.61. The predicted molar refractivity (Wildman–Crippen MR) is 91.0 cm³/mol. The maximum absolute atomic E-state index is 12.4. The lowest BCUT2D eigenvalue weighted by Gasteiger charge is -2.13. The van der Waals surface area contributed by atoms with Crippen molar-refractivity contribution in [1.29, 1.82) is 0 Å². The number of hydrogen-bond acceptors (Lipinski definition) is 4. The second-order valence-corrected chi connectivity index (χ2v) is 7.25. The van der Waals surface area contributed by atoms with E-state index in [-0.39, 0.29) is 29.3 Å². The van der Waals surface area contributed by atoms with Crippen LogP contribution in [0, 0.1) is 17.3 Å². The van der Waals surface area contributed by atoms with Gasteiger partial charge in [0.2, 0.25) is 0 Å². The van der Waals surface area contributed by atoms with Crippen molar-refractivity contribution in [3.63, 3.8) is 0 Å². The van der Waals surface area contributed by atoms with E-state index in [4.69, 9.17) is 9.47 Å². The van der Waals surface area contributed by atoms with Gasteiger partial charge < -0.3 is 9.47 Å². The van der Waals surface area contributed by atoms with Gasteiger partial charge in [-0.05, 0) is 49.4 Å². The van der Waals surface area contributed by atoms with E-state index in [1.165, 1.54) is 5.57 Å². The lowest BCUT2D eigenvalue weighted by Crippen LogP contribution is -2.23. The minimum atomic E-state index is -0.343. The van der Waals surface area contributed by atoms with Gasteiger partial charge in [0.1, 0.15) is 12.4 Å². The van der Waals surface area contributed by atoms with Gasteiger partial charge in [-0.3, -0.25) is 9.69 Å². The van der Waals surface area contributed by atoms with Gasteiger partial charge in [0, 0.05) is 5.69 Å². The molecule has 1 aromatic carbocycles. The average molecular weight is 329 g/mol. The molecule has 0 unspecified atom stereocenters. The van der Waals surface area contributed by atoms with Crippen molar-refractivity contribution in [3.05, 3.63) is 35.9 Å². The van der Waals surface area contributed by atoms with Crippen LogP contribution in [0.4, 0.5) is 10.5 Å². The molecule has 5 nitrogen and oxygen atoms in total. The monoisotopic (exact) mass is 329 g/mol. The summed E-state index contributed by atoms with van der Waals surface area (Å²) in [4.78, 5) is 25.5. The first kappa shape index (κ1) is 16.6. The minimum absolute atomic E-state index is 0.0619. The Kier molecular flexibility index (Phi) is 4.11. The van der Waals surface area contributed by atoms with E-state index in [0.29, 0.717) is 18.9 Å². The largest absolute Gasteiger partial charge is 0.447 e. The normalized spacial score (nSPS) is 24.3. The molecule has 1 saturated heterocycles.